The molecule has 34 heavy (non-hydrogen) atoms. The molecule has 1 aliphatic rings. The first kappa shape index (κ1) is 24.4. The molecule has 8 heteroatoms. The van der Waals surface area contributed by atoms with Gasteiger partial charge in [0.1, 0.15) is 23.2 Å². The first-order chi connectivity index (χ1) is 16.2. The van der Waals surface area contributed by atoms with Gasteiger partial charge in [0.2, 0.25) is 5.88 Å². The van der Waals surface area contributed by atoms with Crippen LogP contribution in [0.2, 0.25) is 0 Å². The van der Waals surface area contributed by atoms with Crippen molar-refractivity contribution in [3.05, 3.63) is 81.9 Å². The van der Waals surface area contributed by atoms with Crippen LogP contribution in [0, 0.1) is 25.2 Å². The molecule has 0 aliphatic carbocycles. The van der Waals surface area contributed by atoms with Crippen molar-refractivity contribution < 1.29 is 23.8 Å². The van der Waals surface area contributed by atoms with E-state index in [2.05, 4.69) is 5.32 Å². The number of carbonyl (C=O) groups is 2. The van der Waals surface area contributed by atoms with Crippen LogP contribution in [0.1, 0.15) is 36.5 Å². The van der Waals surface area contributed by atoms with Crippen LogP contribution in [0.3, 0.4) is 0 Å². The topological polar surface area (TPSA) is 124 Å². The largest absolute Gasteiger partial charge is 0.484 e. The molecule has 0 fully saturated rings. The smallest absolute Gasteiger partial charge is 0.338 e. The fourth-order valence-electron chi connectivity index (χ4n) is 3.65. The Morgan fingerprint density at radius 2 is 1.85 bits per heavy atom. The van der Waals surface area contributed by atoms with E-state index in [0.29, 0.717) is 11.3 Å². The fourth-order valence-corrected chi connectivity index (χ4v) is 3.65. The lowest BCUT2D eigenvalue weighted by molar-refractivity contribution is -0.139. The van der Waals surface area contributed by atoms with Gasteiger partial charge in [0.25, 0.3) is 5.91 Å². The third-order valence-corrected chi connectivity index (χ3v) is 5.35. The molecule has 2 aromatic rings. The summed E-state index contributed by atoms with van der Waals surface area (Å²) in [6.45, 7) is 7.18. The summed E-state index contributed by atoms with van der Waals surface area (Å²) in [5.41, 5.74) is 9.64. The lowest BCUT2D eigenvalue weighted by Gasteiger charge is -2.26. The predicted molar refractivity (Wildman–Crippen MR) is 126 cm³/mol. The van der Waals surface area contributed by atoms with E-state index in [0.717, 1.165) is 16.8 Å². The standard InChI is InChI=1S/C26H27N3O5/c1-5-32-26(31)23-17(4)34-25(28)20(13-27)24(23)18-8-10-19(11-9-18)33-14-22(30)29-21-12-15(2)6-7-16(21)3/h6-12,24H,5,14,28H2,1-4H3,(H,29,30). The van der Waals surface area contributed by atoms with Gasteiger partial charge in [-0.15, -0.1) is 0 Å². The van der Waals surface area contributed by atoms with Crippen molar-refractivity contribution in [1.29, 1.82) is 5.26 Å². The molecular weight excluding hydrogens is 434 g/mol. The van der Waals surface area contributed by atoms with Gasteiger partial charge in [0.15, 0.2) is 6.61 Å². The summed E-state index contributed by atoms with van der Waals surface area (Å²) in [4.78, 5) is 24.9. The summed E-state index contributed by atoms with van der Waals surface area (Å²) in [6.07, 6.45) is 0. The third kappa shape index (κ3) is 5.38. The Kier molecular flexibility index (Phi) is 7.59. The van der Waals surface area contributed by atoms with E-state index < -0.39 is 11.9 Å². The minimum absolute atomic E-state index is 0.0542. The van der Waals surface area contributed by atoms with Crippen LogP contribution in [-0.2, 0) is 19.1 Å². The van der Waals surface area contributed by atoms with Gasteiger partial charge in [-0.3, -0.25) is 4.79 Å². The lowest BCUT2D eigenvalue weighted by Crippen LogP contribution is -2.25. The Balaban J connectivity index is 1.76. The highest BCUT2D eigenvalue weighted by atomic mass is 16.5. The highest BCUT2D eigenvalue weighted by Crippen LogP contribution is 2.39. The maximum Gasteiger partial charge on any atom is 0.338 e. The van der Waals surface area contributed by atoms with E-state index >= 15 is 0 Å². The number of rotatable bonds is 7. The quantitative estimate of drug-likeness (QED) is 0.598. The van der Waals surface area contributed by atoms with Crippen molar-refractivity contribution in [2.75, 3.05) is 18.5 Å². The second-order valence-corrected chi connectivity index (χ2v) is 7.84. The Labute approximate surface area is 198 Å². The zero-order valence-corrected chi connectivity index (χ0v) is 19.6. The van der Waals surface area contributed by atoms with E-state index in [9.17, 15) is 14.9 Å². The zero-order chi connectivity index (χ0) is 24.8. The number of esters is 1. The molecule has 1 unspecified atom stereocenters. The molecule has 0 saturated heterocycles. The number of benzene rings is 2. The Bertz CT molecular complexity index is 1210. The van der Waals surface area contributed by atoms with Crippen LogP contribution in [0.4, 0.5) is 5.69 Å². The molecule has 0 aromatic heterocycles. The molecule has 1 heterocycles. The van der Waals surface area contributed by atoms with Crippen LogP contribution < -0.4 is 15.8 Å². The van der Waals surface area contributed by atoms with Gasteiger partial charge in [-0.2, -0.15) is 5.26 Å². The van der Waals surface area contributed by atoms with E-state index in [1.165, 1.54) is 0 Å². The number of ether oxygens (including phenoxy) is 3. The first-order valence-electron chi connectivity index (χ1n) is 10.8. The first-order valence-corrected chi connectivity index (χ1v) is 10.8. The van der Waals surface area contributed by atoms with Crippen molar-refractivity contribution in [1.82, 2.24) is 0 Å². The number of nitrogens with one attached hydrogen (secondary N) is 1. The van der Waals surface area contributed by atoms with Crippen molar-refractivity contribution >= 4 is 17.6 Å². The summed E-state index contributed by atoms with van der Waals surface area (Å²) in [5.74, 6) is -0.911. The maximum absolute atomic E-state index is 12.6. The average Bonchev–Trinajstić information content (AvgIpc) is 2.80. The van der Waals surface area contributed by atoms with E-state index in [1.807, 2.05) is 38.1 Å². The maximum atomic E-state index is 12.6. The molecule has 1 aliphatic heterocycles. The molecule has 3 N–H and O–H groups in total. The second kappa shape index (κ2) is 10.6. The highest BCUT2D eigenvalue weighted by Gasteiger charge is 2.36. The van der Waals surface area contributed by atoms with E-state index in [1.54, 1.807) is 38.1 Å². The number of amides is 1. The minimum atomic E-state index is -0.737. The number of nitrogens with zero attached hydrogens (tertiary/aromatic N) is 1. The van der Waals surface area contributed by atoms with E-state index in [4.69, 9.17) is 19.9 Å². The monoisotopic (exact) mass is 461 g/mol. The van der Waals surface area contributed by atoms with Crippen LogP contribution >= 0.6 is 0 Å². The zero-order valence-electron chi connectivity index (χ0n) is 19.6. The molecule has 8 nitrogen and oxygen atoms in total. The number of nitrogens with two attached hydrogens (primary N) is 1. The van der Waals surface area contributed by atoms with Gasteiger partial charge in [0.05, 0.1) is 18.1 Å². The molecule has 176 valence electrons. The second-order valence-electron chi connectivity index (χ2n) is 7.84. The fraction of sp³-hybridized carbons (Fsp3) is 0.269. The SMILES string of the molecule is CCOC(=O)C1=C(C)OC(N)=C(C#N)C1c1ccc(OCC(=O)Nc2cc(C)ccc2C)cc1. The summed E-state index contributed by atoms with van der Waals surface area (Å²) in [7, 11) is 0. The molecule has 2 aromatic carbocycles. The van der Waals surface area contributed by atoms with Crippen LogP contribution in [0.15, 0.2) is 65.3 Å². The van der Waals surface area contributed by atoms with Crippen molar-refractivity contribution in [2.24, 2.45) is 5.73 Å². The Morgan fingerprint density at radius 3 is 2.50 bits per heavy atom. The number of anilines is 1. The Morgan fingerprint density at radius 1 is 1.15 bits per heavy atom. The molecule has 3 rings (SSSR count). The van der Waals surface area contributed by atoms with Gasteiger partial charge in [-0.25, -0.2) is 4.79 Å². The highest BCUT2D eigenvalue weighted by molar-refractivity contribution is 5.93. The van der Waals surface area contributed by atoms with Gasteiger partial charge < -0.3 is 25.3 Å². The Hall–Kier alpha value is -4.25. The molecule has 1 atom stereocenters. The van der Waals surface area contributed by atoms with Gasteiger partial charge >= 0.3 is 5.97 Å². The third-order valence-electron chi connectivity index (χ3n) is 5.35. The molecule has 0 radical (unpaired) electrons. The molecular formula is C26H27N3O5. The van der Waals surface area contributed by atoms with Gasteiger partial charge in [-0.05, 0) is 62.6 Å². The predicted octanol–water partition coefficient (Wildman–Crippen LogP) is 3.97. The number of nitriles is 1. The number of hydrogen-bond donors (Lipinski definition) is 2. The normalized spacial score (nSPS) is 15.3. The minimum Gasteiger partial charge on any atom is -0.484 e. The van der Waals surface area contributed by atoms with Crippen LogP contribution in [0.5, 0.6) is 5.75 Å². The lowest BCUT2D eigenvalue weighted by atomic mass is 9.83. The molecule has 0 spiro atoms. The number of aryl methyl sites for hydroxylation is 2. The summed E-state index contributed by atoms with van der Waals surface area (Å²) >= 11 is 0. The molecule has 1 amide bonds. The van der Waals surface area contributed by atoms with Crippen molar-refractivity contribution in [3.8, 4) is 11.8 Å². The number of hydrogen-bond acceptors (Lipinski definition) is 7. The summed E-state index contributed by atoms with van der Waals surface area (Å²) in [6, 6.07) is 14.6. The van der Waals surface area contributed by atoms with Crippen molar-refractivity contribution in [2.45, 2.75) is 33.6 Å². The van der Waals surface area contributed by atoms with Crippen LogP contribution in [0.25, 0.3) is 0 Å². The average molecular weight is 462 g/mol. The van der Waals surface area contributed by atoms with Crippen molar-refractivity contribution in [3.63, 3.8) is 0 Å². The summed E-state index contributed by atoms with van der Waals surface area (Å²) in [5, 5.41) is 12.5. The van der Waals surface area contributed by atoms with Crippen LogP contribution in [-0.4, -0.2) is 25.1 Å². The molecule has 0 bridgehead atoms. The van der Waals surface area contributed by atoms with E-state index in [-0.39, 0.29) is 41.9 Å². The number of carbonyl (C=O) groups excluding carboxylic acids is 2. The van der Waals surface area contributed by atoms with Gasteiger partial charge in [0, 0.05) is 5.69 Å². The summed E-state index contributed by atoms with van der Waals surface area (Å²) < 4.78 is 16.2. The van der Waals surface area contributed by atoms with Gasteiger partial charge in [-0.1, -0.05) is 24.3 Å². The number of allylic oxidation sites excluding steroid dienone is 2. The molecule has 0 saturated carbocycles.